The number of benzene rings is 2. The van der Waals surface area contributed by atoms with Gasteiger partial charge < -0.3 is 19.9 Å². The minimum absolute atomic E-state index is 0.0172. The lowest BCUT2D eigenvalue weighted by molar-refractivity contribution is -0.115. The Morgan fingerprint density at radius 2 is 2.03 bits per heavy atom. The van der Waals surface area contributed by atoms with E-state index in [1.54, 1.807) is 11.9 Å². The van der Waals surface area contributed by atoms with E-state index >= 15 is 0 Å². The summed E-state index contributed by atoms with van der Waals surface area (Å²) in [6, 6.07) is 9.62. The smallest absolute Gasteiger partial charge is 0.409 e. The SMILES string of the molecule is CC=C(CC)C(=O)N1CC(CCl)c2c1cc(OC(=O)N(C)CCNC)c1ccccc21. The minimum Gasteiger partial charge on any atom is -0.409 e. The first kappa shape index (κ1) is 23.1. The Balaban J connectivity index is 2.09. The van der Waals surface area contributed by atoms with Crippen molar-refractivity contribution in [2.24, 2.45) is 0 Å². The fraction of sp³-hybridized carbons (Fsp3) is 0.417. The molecule has 1 aliphatic rings. The molecule has 1 unspecified atom stereocenters. The Kier molecular flexibility index (Phi) is 7.57. The van der Waals surface area contributed by atoms with E-state index in [0.29, 0.717) is 37.7 Å². The van der Waals surface area contributed by atoms with Crippen LogP contribution in [0.5, 0.6) is 5.75 Å². The second kappa shape index (κ2) is 10.2. The van der Waals surface area contributed by atoms with Gasteiger partial charge in [0.25, 0.3) is 5.91 Å². The van der Waals surface area contributed by atoms with Crippen molar-refractivity contribution in [3.05, 3.63) is 47.5 Å². The monoisotopic (exact) mass is 443 g/mol. The van der Waals surface area contributed by atoms with Gasteiger partial charge in [-0.3, -0.25) is 4.79 Å². The number of hydrogen-bond donors (Lipinski definition) is 1. The second-order valence-electron chi connectivity index (χ2n) is 7.68. The number of nitrogens with one attached hydrogen (secondary N) is 1. The third kappa shape index (κ3) is 4.55. The Labute approximate surface area is 188 Å². The van der Waals surface area contributed by atoms with Gasteiger partial charge in [-0.05, 0) is 31.3 Å². The summed E-state index contributed by atoms with van der Waals surface area (Å²) in [6.45, 7) is 5.55. The number of nitrogens with zero attached hydrogens (tertiary/aromatic N) is 2. The average molecular weight is 444 g/mol. The molecule has 2 aromatic rings. The van der Waals surface area contributed by atoms with Gasteiger partial charge in [-0.1, -0.05) is 37.3 Å². The van der Waals surface area contributed by atoms with Gasteiger partial charge in [0.2, 0.25) is 0 Å². The number of amides is 2. The minimum atomic E-state index is -0.437. The lowest BCUT2D eigenvalue weighted by atomic mass is 9.95. The molecule has 0 radical (unpaired) electrons. The van der Waals surface area contributed by atoms with E-state index in [0.717, 1.165) is 27.6 Å². The largest absolute Gasteiger partial charge is 0.415 e. The van der Waals surface area contributed by atoms with Crippen LogP contribution in [0.1, 0.15) is 31.7 Å². The van der Waals surface area contributed by atoms with Crippen LogP contribution < -0.4 is 15.0 Å². The number of anilines is 1. The van der Waals surface area contributed by atoms with Gasteiger partial charge in [0, 0.05) is 55.5 Å². The number of allylic oxidation sites excluding steroid dienone is 1. The van der Waals surface area contributed by atoms with Crippen molar-refractivity contribution in [3.8, 4) is 5.75 Å². The Morgan fingerprint density at radius 1 is 1.32 bits per heavy atom. The van der Waals surface area contributed by atoms with Gasteiger partial charge in [-0.2, -0.15) is 0 Å². The highest BCUT2D eigenvalue weighted by atomic mass is 35.5. The molecular formula is C24H30ClN3O3. The van der Waals surface area contributed by atoms with Gasteiger partial charge >= 0.3 is 6.09 Å². The highest BCUT2D eigenvalue weighted by molar-refractivity contribution is 6.19. The lowest BCUT2D eigenvalue weighted by Gasteiger charge is -2.21. The molecule has 2 amide bonds. The fourth-order valence-electron chi connectivity index (χ4n) is 4.01. The Hall–Kier alpha value is -2.57. The normalized spacial score (nSPS) is 15.8. The summed E-state index contributed by atoms with van der Waals surface area (Å²) in [6.07, 6.45) is 2.07. The zero-order valence-electron chi connectivity index (χ0n) is 18.6. The van der Waals surface area contributed by atoms with Gasteiger partial charge in [0.1, 0.15) is 5.75 Å². The first-order valence-corrected chi connectivity index (χ1v) is 11.2. The van der Waals surface area contributed by atoms with Crippen molar-refractivity contribution in [1.82, 2.24) is 10.2 Å². The average Bonchev–Trinajstić information content (AvgIpc) is 3.17. The number of hydrogen-bond acceptors (Lipinski definition) is 4. The van der Waals surface area contributed by atoms with E-state index in [1.807, 2.05) is 57.3 Å². The summed E-state index contributed by atoms with van der Waals surface area (Å²) >= 11 is 6.32. The standard InChI is InChI=1S/C24H30ClN3O3/c1-5-16(6-2)23(29)28-15-17(14-25)22-19-10-8-7-9-18(19)21(13-20(22)28)31-24(30)27(4)12-11-26-3/h5,7-10,13,17,26H,6,11-12,14-15H2,1-4H3. The maximum atomic E-state index is 13.2. The summed E-state index contributed by atoms with van der Waals surface area (Å²) < 4.78 is 5.80. The third-order valence-corrected chi connectivity index (χ3v) is 6.14. The summed E-state index contributed by atoms with van der Waals surface area (Å²) in [4.78, 5) is 29.2. The number of rotatable bonds is 7. The van der Waals surface area contributed by atoms with Crippen LogP contribution in [0, 0.1) is 0 Å². The van der Waals surface area contributed by atoms with Crippen molar-refractivity contribution in [2.75, 3.05) is 44.5 Å². The summed E-state index contributed by atoms with van der Waals surface area (Å²) in [5.74, 6) is 0.840. The quantitative estimate of drug-likeness (QED) is 0.505. The molecule has 6 nitrogen and oxygen atoms in total. The van der Waals surface area contributed by atoms with Crippen LogP contribution in [0.15, 0.2) is 42.0 Å². The Bertz CT molecular complexity index is 1000. The highest BCUT2D eigenvalue weighted by Crippen LogP contribution is 2.46. The van der Waals surface area contributed by atoms with Gasteiger partial charge in [0.05, 0.1) is 5.69 Å². The topological polar surface area (TPSA) is 61.9 Å². The number of likely N-dealkylation sites (N-methyl/N-ethyl adjacent to an activating group) is 2. The van der Waals surface area contributed by atoms with Crippen LogP contribution in [0.2, 0.25) is 0 Å². The van der Waals surface area contributed by atoms with E-state index in [9.17, 15) is 9.59 Å². The van der Waals surface area contributed by atoms with Gasteiger partial charge in [0.15, 0.2) is 0 Å². The van der Waals surface area contributed by atoms with Crippen molar-refractivity contribution >= 4 is 40.1 Å². The lowest BCUT2D eigenvalue weighted by Crippen LogP contribution is -2.35. The molecule has 0 aromatic heterocycles. The van der Waals surface area contributed by atoms with E-state index in [1.165, 1.54) is 4.90 Å². The molecule has 166 valence electrons. The van der Waals surface area contributed by atoms with E-state index < -0.39 is 6.09 Å². The van der Waals surface area contributed by atoms with Gasteiger partial charge in [-0.25, -0.2) is 4.79 Å². The molecule has 0 fully saturated rings. The van der Waals surface area contributed by atoms with Crippen LogP contribution in [-0.2, 0) is 4.79 Å². The number of carbonyl (C=O) groups is 2. The molecule has 1 aliphatic heterocycles. The number of ether oxygens (including phenoxy) is 1. The molecule has 0 spiro atoms. The number of fused-ring (bicyclic) bond motifs is 3. The molecule has 3 rings (SSSR count). The molecule has 7 heteroatoms. The molecule has 1 heterocycles. The zero-order valence-corrected chi connectivity index (χ0v) is 19.3. The maximum absolute atomic E-state index is 13.2. The Morgan fingerprint density at radius 3 is 2.65 bits per heavy atom. The third-order valence-electron chi connectivity index (χ3n) is 5.77. The molecule has 1 atom stereocenters. The molecule has 0 saturated carbocycles. The van der Waals surface area contributed by atoms with Crippen molar-refractivity contribution in [2.45, 2.75) is 26.2 Å². The summed E-state index contributed by atoms with van der Waals surface area (Å²) in [5, 5.41) is 4.82. The predicted molar refractivity (Wildman–Crippen MR) is 126 cm³/mol. The van der Waals surface area contributed by atoms with Crippen molar-refractivity contribution in [3.63, 3.8) is 0 Å². The predicted octanol–water partition coefficient (Wildman–Crippen LogP) is 4.52. The van der Waals surface area contributed by atoms with Crippen LogP contribution in [0.4, 0.5) is 10.5 Å². The van der Waals surface area contributed by atoms with E-state index in [-0.39, 0.29) is 11.8 Å². The van der Waals surface area contributed by atoms with Crippen LogP contribution in [-0.4, -0.2) is 56.5 Å². The molecular weight excluding hydrogens is 414 g/mol. The molecule has 2 aromatic carbocycles. The molecule has 0 bridgehead atoms. The highest BCUT2D eigenvalue weighted by Gasteiger charge is 2.35. The number of halogens is 1. The molecule has 1 N–H and O–H groups in total. The number of carbonyl (C=O) groups excluding carboxylic acids is 2. The summed E-state index contributed by atoms with van der Waals surface area (Å²) in [7, 11) is 3.54. The van der Waals surface area contributed by atoms with Crippen LogP contribution in [0.3, 0.4) is 0 Å². The second-order valence-corrected chi connectivity index (χ2v) is 7.99. The first-order valence-electron chi connectivity index (χ1n) is 10.6. The zero-order chi connectivity index (χ0) is 22.5. The first-order chi connectivity index (χ1) is 15.0. The van der Waals surface area contributed by atoms with E-state index in [4.69, 9.17) is 16.3 Å². The van der Waals surface area contributed by atoms with Gasteiger partial charge in [-0.15, -0.1) is 11.6 Å². The maximum Gasteiger partial charge on any atom is 0.415 e. The van der Waals surface area contributed by atoms with E-state index in [2.05, 4.69) is 5.32 Å². The number of alkyl halides is 1. The van der Waals surface area contributed by atoms with Crippen molar-refractivity contribution < 1.29 is 14.3 Å². The molecule has 31 heavy (non-hydrogen) atoms. The summed E-state index contributed by atoms with van der Waals surface area (Å²) in [5.41, 5.74) is 2.55. The molecule has 0 aliphatic carbocycles. The van der Waals surface area contributed by atoms with Crippen LogP contribution in [0.25, 0.3) is 10.8 Å². The van der Waals surface area contributed by atoms with Crippen molar-refractivity contribution in [1.29, 1.82) is 0 Å². The van der Waals surface area contributed by atoms with Crippen LogP contribution >= 0.6 is 11.6 Å². The fourth-order valence-corrected chi connectivity index (χ4v) is 4.26. The molecule has 0 saturated heterocycles.